The van der Waals surface area contributed by atoms with E-state index in [0.717, 1.165) is 12.1 Å². The Hall–Kier alpha value is -2.53. The van der Waals surface area contributed by atoms with Crippen LogP contribution in [0.1, 0.15) is 35.7 Å². The fourth-order valence-electron chi connectivity index (χ4n) is 3.43. The monoisotopic (exact) mass is 368 g/mol. The van der Waals surface area contributed by atoms with Crippen molar-refractivity contribution in [2.24, 2.45) is 5.92 Å². The number of aryl methyl sites for hydroxylation is 1. The minimum Gasteiger partial charge on any atom is -0.325 e. The summed E-state index contributed by atoms with van der Waals surface area (Å²) in [6, 6.07) is 13.6. The molecule has 5 heteroatoms. The first-order valence-corrected chi connectivity index (χ1v) is 9.46. The molecule has 1 aliphatic rings. The van der Waals surface area contributed by atoms with Crippen LogP contribution in [0.2, 0.25) is 0 Å². The Labute approximate surface area is 159 Å². The first-order valence-electron chi connectivity index (χ1n) is 9.46. The van der Waals surface area contributed by atoms with Gasteiger partial charge in [0.1, 0.15) is 5.82 Å². The number of carbonyl (C=O) groups is 2. The average molecular weight is 368 g/mol. The second kappa shape index (κ2) is 8.91. The van der Waals surface area contributed by atoms with Crippen molar-refractivity contribution in [2.75, 3.05) is 25.0 Å². The van der Waals surface area contributed by atoms with Crippen molar-refractivity contribution in [3.63, 3.8) is 0 Å². The molecule has 142 valence electrons. The molecule has 1 heterocycles. The number of anilines is 1. The number of hydrogen-bond donors (Lipinski definition) is 1. The number of piperidine rings is 1. The van der Waals surface area contributed by atoms with Crippen LogP contribution in [0.4, 0.5) is 10.1 Å². The molecule has 0 aromatic heterocycles. The van der Waals surface area contributed by atoms with Gasteiger partial charge < -0.3 is 5.32 Å². The van der Waals surface area contributed by atoms with Gasteiger partial charge in [-0.1, -0.05) is 19.1 Å². The van der Waals surface area contributed by atoms with Gasteiger partial charge in [0.2, 0.25) is 5.91 Å². The molecule has 2 aromatic carbocycles. The molecule has 1 amide bonds. The van der Waals surface area contributed by atoms with Crippen LogP contribution < -0.4 is 5.32 Å². The predicted molar refractivity (Wildman–Crippen MR) is 104 cm³/mol. The summed E-state index contributed by atoms with van der Waals surface area (Å²) in [6.45, 7) is 3.84. The van der Waals surface area contributed by atoms with E-state index in [1.807, 2.05) is 24.3 Å². The summed E-state index contributed by atoms with van der Waals surface area (Å²) in [5.74, 6) is -0.370. The zero-order valence-corrected chi connectivity index (χ0v) is 15.6. The zero-order chi connectivity index (χ0) is 19.2. The quantitative estimate of drug-likeness (QED) is 0.786. The molecule has 1 saturated heterocycles. The van der Waals surface area contributed by atoms with E-state index in [2.05, 4.69) is 17.1 Å². The lowest BCUT2D eigenvalue weighted by atomic mass is 9.89. The van der Waals surface area contributed by atoms with Crippen LogP contribution in [-0.4, -0.2) is 36.2 Å². The van der Waals surface area contributed by atoms with Crippen molar-refractivity contribution in [1.29, 1.82) is 0 Å². The molecule has 3 rings (SSSR count). The Morgan fingerprint density at radius 2 is 1.67 bits per heavy atom. The fourth-order valence-corrected chi connectivity index (χ4v) is 3.43. The number of amides is 1. The molecule has 4 nitrogen and oxygen atoms in total. The second-order valence-electron chi connectivity index (χ2n) is 7.02. The van der Waals surface area contributed by atoms with E-state index in [1.165, 1.54) is 17.7 Å². The lowest BCUT2D eigenvalue weighted by Gasteiger charge is -2.30. The number of benzene rings is 2. The third-order valence-electron chi connectivity index (χ3n) is 5.10. The second-order valence-corrected chi connectivity index (χ2v) is 7.02. The minimum absolute atomic E-state index is 0.0393. The van der Waals surface area contributed by atoms with Gasteiger partial charge in [0.25, 0.3) is 0 Å². The first kappa shape index (κ1) is 19.2. The normalized spacial score (nSPS) is 15.5. The molecule has 1 aliphatic heterocycles. The van der Waals surface area contributed by atoms with Gasteiger partial charge in [-0.3, -0.25) is 14.5 Å². The van der Waals surface area contributed by atoms with E-state index in [0.29, 0.717) is 38.0 Å². The Morgan fingerprint density at radius 1 is 1.04 bits per heavy atom. The Kier molecular flexibility index (Phi) is 6.35. The van der Waals surface area contributed by atoms with Crippen molar-refractivity contribution < 1.29 is 14.0 Å². The van der Waals surface area contributed by atoms with Crippen molar-refractivity contribution in [1.82, 2.24) is 4.90 Å². The number of ketones is 1. The number of nitrogens with zero attached hydrogens (tertiary/aromatic N) is 1. The van der Waals surface area contributed by atoms with Gasteiger partial charge in [-0.2, -0.15) is 0 Å². The summed E-state index contributed by atoms with van der Waals surface area (Å²) in [5.41, 5.74) is 2.60. The van der Waals surface area contributed by atoms with Gasteiger partial charge >= 0.3 is 0 Å². The van der Waals surface area contributed by atoms with Crippen molar-refractivity contribution in [3.8, 4) is 0 Å². The summed E-state index contributed by atoms with van der Waals surface area (Å²) >= 11 is 0. The third-order valence-corrected chi connectivity index (χ3v) is 5.10. The minimum atomic E-state index is -0.336. The van der Waals surface area contributed by atoms with Gasteiger partial charge in [-0.15, -0.1) is 0 Å². The molecule has 0 unspecified atom stereocenters. The van der Waals surface area contributed by atoms with Crippen molar-refractivity contribution >= 4 is 17.4 Å². The van der Waals surface area contributed by atoms with Crippen LogP contribution in [0.5, 0.6) is 0 Å². The number of halogens is 1. The van der Waals surface area contributed by atoms with E-state index in [9.17, 15) is 14.0 Å². The highest BCUT2D eigenvalue weighted by Crippen LogP contribution is 2.22. The van der Waals surface area contributed by atoms with Crippen LogP contribution in [0.25, 0.3) is 0 Å². The van der Waals surface area contributed by atoms with Gasteiger partial charge in [-0.05, 0) is 74.3 Å². The molecule has 2 aromatic rings. The van der Waals surface area contributed by atoms with Crippen molar-refractivity contribution in [3.05, 3.63) is 65.5 Å². The molecule has 0 bridgehead atoms. The standard InChI is InChI=1S/C22H25FN2O2/c1-2-16-3-9-20(10-4-16)24-21(26)15-25-13-11-18(12-14-25)22(27)17-5-7-19(23)8-6-17/h3-10,18H,2,11-15H2,1H3,(H,24,26). The molecular formula is C22H25FN2O2. The Bertz CT molecular complexity index is 779. The molecule has 1 N–H and O–H groups in total. The van der Waals surface area contributed by atoms with Crippen LogP contribution >= 0.6 is 0 Å². The molecule has 27 heavy (non-hydrogen) atoms. The van der Waals surface area contributed by atoms with E-state index in [4.69, 9.17) is 0 Å². The maximum Gasteiger partial charge on any atom is 0.238 e. The largest absolute Gasteiger partial charge is 0.325 e. The number of rotatable bonds is 6. The van der Waals surface area contributed by atoms with Gasteiger partial charge in [0, 0.05) is 17.2 Å². The SMILES string of the molecule is CCc1ccc(NC(=O)CN2CCC(C(=O)c3ccc(F)cc3)CC2)cc1. The number of hydrogen-bond acceptors (Lipinski definition) is 3. The Balaban J connectivity index is 1.46. The number of Topliss-reactive ketones (excluding diaryl/α,β-unsaturated/α-hetero) is 1. The molecule has 0 spiro atoms. The van der Waals surface area contributed by atoms with E-state index in [-0.39, 0.29) is 23.4 Å². The van der Waals surface area contributed by atoms with E-state index < -0.39 is 0 Å². The third kappa shape index (κ3) is 5.23. The van der Waals surface area contributed by atoms with Crippen LogP contribution in [0, 0.1) is 11.7 Å². The van der Waals surface area contributed by atoms with Gasteiger partial charge in [-0.25, -0.2) is 4.39 Å². The van der Waals surface area contributed by atoms with Crippen LogP contribution in [0.3, 0.4) is 0 Å². The summed E-state index contributed by atoms with van der Waals surface area (Å²) in [5, 5.41) is 2.92. The van der Waals surface area contributed by atoms with E-state index in [1.54, 1.807) is 12.1 Å². The van der Waals surface area contributed by atoms with Gasteiger partial charge in [0.15, 0.2) is 5.78 Å². The zero-order valence-electron chi connectivity index (χ0n) is 15.6. The maximum atomic E-state index is 13.0. The van der Waals surface area contributed by atoms with Crippen LogP contribution in [-0.2, 0) is 11.2 Å². The summed E-state index contributed by atoms with van der Waals surface area (Å²) < 4.78 is 13.0. The topological polar surface area (TPSA) is 49.4 Å². The lowest BCUT2D eigenvalue weighted by molar-refractivity contribution is -0.117. The number of likely N-dealkylation sites (tertiary alicyclic amines) is 1. The Morgan fingerprint density at radius 3 is 2.26 bits per heavy atom. The molecule has 0 aliphatic carbocycles. The van der Waals surface area contributed by atoms with Crippen LogP contribution in [0.15, 0.2) is 48.5 Å². The fraction of sp³-hybridized carbons (Fsp3) is 0.364. The summed E-state index contributed by atoms with van der Waals surface area (Å²) in [7, 11) is 0. The lowest BCUT2D eigenvalue weighted by Crippen LogP contribution is -2.40. The van der Waals surface area contributed by atoms with E-state index >= 15 is 0 Å². The summed E-state index contributed by atoms with van der Waals surface area (Å²) in [6.07, 6.45) is 2.41. The smallest absolute Gasteiger partial charge is 0.238 e. The van der Waals surface area contributed by atoms with Crippen molar-refractivity contribution in [2.45, 2.75) is 26.2 Å². The average Bonchev–Trinajstić information content (AvgIpc) is 2.69. The molecule has 0 radical (unpaired) electrons. The summed E-state index contributed by atoms with van der Waals surface area (Å²) in [4.78, 5) is 26.8. The highest BCUT2D eigenvalue weighted by molar-refractivity contribution is 5.98. The molecule has 0 saturated carbocycles. The number of nitrogens with one attached hydrogen (secondary N) is 1. The first-order chi connectivity index (χ1) is 13.0. The predicted octanol–water partition coefficient (Wildman–Crippen LogP) is 3.92. The maximum absolute atomic E-state index is 13.0. The highest BCUT2D eigenvalue weighted by atomic mass is 19.1. The highest BCUT2D eigenvalue weighted by Gasteiger charge is 2.26. The molecule has 1 fully saturated rings. The molecule has 0 atom stereocenters. The number of carbonyl (C=O) groups excluding carboxylic acids is 2. The molecular weight excluding hydrogens is 343 g/mol. The van der Waals surface area contributed by atoms with Gasteiger partial charge in [0.05, 0.1) is 6.54 Å².